The highest BCUT2D eigenvalue weighted by atomic mass is 16.4. The minimum atomic E-state index is -0.883. The first kappa shape index (κ1) is 13.9. The number of aryl methyl sites for hydroxylation is 1. The summed E-state index contributed by atoms with van der Waals surface area (Å²) in [7, 11) is 0. The van der Waals surface area contributed by atoms with Gasteiger partial charge in [-0.25, -0.2) is 4.79 Å². The number of hydrogen-bond donors (Lipinski definition) is 3. The number of hydrogen-bond acceptors (Lipinski definition) is 3. The van der Waals surface area contributed by atoms with Gasteiger partial charge in [0.2, 0.25) is 0 Å². The number of nitrogens with one attached hydrogen (secondary N) is 2. The number of nitrogens with zero attached hydrogens (tertiary/aromatic N) is 1. The summed E-state index contributed by atoms with van der Waals surface area (Å²) >= 11 is 0. The van der Waals surface area contributed by atoms with Crippen LogP contribution in [0, 0.1) is 23.7 Å². The summed E-state index contributed by atoms with van der Waals surface area (Å²) in [6, 6.07) is 6.69. The average molecular weight is 273 g/mol. The molecule has 1 aromatic carbocycles. The lowest BCUT2D eigenvalue weighted by molar-refractivity contribution is -0.143. The molecule has 0 unspecified atom stereocenters. The lowest BCUT2D eigenvalue weighted by Gasteiger charge is -2.13. The summed E-state index contributed by atoms with van der Waals surface area (Å²) < 4.78 is 0. The van der Waals surface area contributed by atoms with Gasteiger partial charge in [-0.3, -0.25) is 4.79 Å². The van der Waals surface area contributed by atoms with Crippen molar-refractivity contribution in [3.8, 4) is 6.07 Å². The summed E-state index contributed by atoms with van der Waals surface area (Å²) in [4.78, 5) is 22.7. The fourth-order valence-electron chi connectivity index (χ4n) is 1.95. The Morgan fingerprint density at radius 3 is 2.70 bits per heavy atom. The van der Waals surface area contributed by atoms with Crippen LogP contribution in [0.2, 0.25) is 0 Å². The van der Waals surface area contributed by atoms with Gasteiger partial charge in [0.25, 0.3) is 0 Å². The van der Waals surface area contributed by atoms with Crippen molar-refractivity contribution in [2.75, 3.05) is 11.9 Å². The molecule has 0 atom stereocenters. The number of urea groups is 1. The molecule has 1 aromatic rings. The maximum Gasteiger partial charge on any atom is 0.319 e. The van der Waals surface area contributed by atoms with Gasteiger partial charge in [0.1, 0.15) is 6.07 Å². The quantitative estimate of drug-likeness (QED) is 0.779. The molecule has 1 fully saturated rings. The van der Waals surface area contributed by atoms with E-state index in [1.165, 1.54) is 0 Å². The second kappa shape index (κ2) is 5.21. The Hall–Kier alpha value is -2.55. The minimum absolute atomic E-state index is 0.0991. The number of rotatable bonds is 4. The lowest BCUT2D eigenvalue weighted by atomic mass is 10.1. The van der Waals surface area contributed by atoms with Gasteiger partial charge in [-0.1, -0.05) is 12.1 Å². The topological polar surface area (TPSA) is 102 Å². The molecule has 0 radical (unpaired) electrons. The van der Waals surface area contributed by atoms with E-state index >= 15 is 0 Å². The molecule has 104 valence electrons. The summed E-state index contributed by atoms with van der Waals surface area (Å²) in [6.45, 7) is 1.88. The van der Waals surface area contributed by atoms with E-state index in [4.69, 9.17) is 10.4 Å². The fraction of sp³-hybridized carbons (Fsp3) is 0.357. The van der Waals surface area contributed by atoms with Crippen LogP contribution in [0.25, 0.3) is 0 Å². The summed E-state index contributed by atoms with van der Waals surface area (Å²) in [5.74, 6) is -0.883. The fourth-order valence-corrected chi connectivity index (χ4v) is 1.95. The molecule has 0 spiro atoms. The average Bonchev–Trinajstić information content (AvgIpc) is 3.18. The summed E-state index contributed by atoms with van der Waals surface area (Å²) in [5.41, 5.74) is 0.795. The number of carboxylic acids is 1. The molecule has 0 aromatic heterocycles. The molecule has 0 aliphatic heterocycles. The Morgan fingerprint density at radius 1 is 1.45 bits per heavy atom. The zero-order valence-corrected chi connectivity index (χ0v) is 11.1. The van der Waals surface area contributed by atoms with E-state index in [1.54, 1.807) is 25.1 Å². The maximum atomic E-state index is 11.8. The van der Waals surface area contributed by atoms with Crippen molar-refractivity contribution in [1.29, 1.82) is 5.26 Å². The van der Waals surface area contributed by atoms with Crippen molar-refractivity contribution < 1.29 is 14.7 Å². The van der Waals surface area contributed by atoms with Crippen molar-refractivity contribution >= 4 is 17.7 Å². The monoisotopic (exact) mass is 273 g/mol. The Bertz CT molecular complexity index is 600. The molecular formula is C14H15N3O3. The first-order valence-corrected chi connectivity index (χ1v) is 6.26. The highest BCUT2D eigenvalue weighted by Crippen LogP contribution is 2.45. The van der Waals surface area contributed by atoms with Gasteiger partial charge >= 0.3 is 12.0 Å². The number of anilines is 1. The lowest BCUT2D eigenvalue weighted by Crippen LogP contribution is -2.37. The number of amides is 2. The number of carbonyl (C=O) groups is 2. The van der Waals surface area contributed by atoms with Crippen molar-refractivity contribution in [3.63, 3.8) is 0 Å². The Morgan fingerprint density at radius 2 is 2.15 bits per heavy atom. The third kappa shape index (κ3) is 2.72. The number of benzene rings is 1. The molecular weight excluding hydrogens is 258 g/mol. The van der Waals surface area contributed by atoms with Crippen molar-refractivity contribution in [3.05, 3.63) is 29.3 Å². The molecule has 2 amide bonds. The molecule has 6 nitrogen and oxygen atoms in total. The van der Waals surface area contributed by atoms with E-state index in [1.807, 2.05) is 6.07 Å². The Kier molecular flexibility index (Phi) is 3.61. The molecule has 20 heavy (non-hydrogen) atoms. The van der Waals surface area contributed by atoms with Gasteiger partial charge in [0, 0.05) is 6.54 Å². The molecule has 1 aliphatic carbocycles. The highest BCUT2D eigenvalue weighted by molar-refractivity contribution is 5.91. The standard InChI is InChI=1S/C14H15N3O3/c1-9-3-2-4-11(10(9)7-15)17-13(20)16-8-14(5-6-14)12(18)19/h2-4H,5-6,8H2,1H3,(H,18,19)(H2,16,17,20). The smallest absolute Gasteiger partial charge is 0.319 e. The molecule has 1 saturated carbocycles. The second-order valence-electron chi connectivity index (χ2n) is 5.00. The molecule has 0 saturated heterocycles. The number of carbonyl (C=O) groups excluding carboxylic acids is 1. The van der Waals surface area contributed by atoms with Crippen LogP contribution in [0.5, 0.6) is 0 Å². The van der Waals surface area contributed by atoms with Gasteiger partial charge in [-0.15, -0.1) is 0 Å². The van der Waals surface area contributed by atoms with E-state index in [-0.39, 0.29) is 6.54 Å². The van der Waals surface area contributed by atoms with Crippen molar-refractivity contribution in [1.82, 2.24) is 5.32 Å². The highest BCUT2D eigenvalue weighted by Gasteiger charge is 2.50. The van der Waals surface area contributed by atoms with Crippen LogP contribution in [0.15, 0.2) is 18.2 Å². The molecule has 0 heterocycles. The van der Waals surface area contributed by atoms with Gasteiger partial charge in [0.15, 0.2) is 0 Å². The van der Waals surface area contributed by atoms with E-state index in [9.17, 15) is 9.59 Å². The molecule has 6 heteroatoms. The molecule has 3 N–H and O–H groups in total. The zero-order chi connectivity index (χ0) is 14.8. The molecule has 0 bridgehead atoms. The van der Waals surface area contributed by atoms with Gasteiger partial charge in [-0.05, 0) is 31.4 Å². The largest absolute Gasteiger partial charge is 0.481 e. The van der Waals surface area contributed by atoms with Crippen LogP contribution in [0.1, 0.15) is 24.0 Å². The Balaban J connectivity index is 1.98. The zero-order valence-electron chi connectivity index (χ0n) is 11.1. The first-order valence-electron chi connectivity index (χ1n) is 6.26. The summed E-state index contributed by atoms with van der Waals surface area (Å²) in [6.07, 6.45) is 1.16. The van der Waals surface area contributed by atoms with Crippen LogP contribution in [0.3, 0.4) is 0 Å². The number of nitriles is 1. The second-order valence-corrected chi connectivity index (χ2v) is 5.00. The third-order valence-corrected chi connectivity index (χ3v) is 3.53. The summed E-state index contributed by atoms with van der Waals surface area (Å²) in [5, 5.41) is 23.2. The minimum Gasteiger partial charge on any atom is -0.481 e. The van der Waals surface area contributed by atoms with E-state index < -0.39 is 17.4 Å². The van der Waals surface area contributed by atoms with Gasteiger partial charge < -0.3 is 15.7 Å². The SMILES string of the molecule is Cc1cccc(NC(=O)NCC2(C(=O)O)CC2)c1C#N. The predicted octanol–water partition coefficient (Wildman–Crippen LogP) is 1.85. The normalized spacial score (nSPS) is 15.0. The first-order chi connectivity index (χ1) is 9.48. The van der Waals surface area contributed by atoms with E-state index in [0.29, 0.717) is 24.1 Å². The van der Waals surface area contributed by atoms with Crippen LogP contribution in [-0.2, 0) is 4.79 Å². The van der Waals surface area contributed by atoms with Crippen LogP contribution < -0.4 is 10.6 Å². The third-order valence-electron chi connectivity index (χ3n) is 3.53. The van der Waals surface area contributed by atoms with E-state index in [0.717, 1.165) is 5.56 Å². The van der Waals surface area contributed by atoms with Gasteiger partial charge in [0.05, 0.1) is 16.7 Å². The Labute approximate surface area is 116 Å². The molecule has 1 aliphatic rings. The van der Waals surface area contributed by atoms with Gasteiger partial charge in [-0.2, -0.15) is 5.26 Å². The van der Waals surface area contributed by atoms with Crippen LogP contribution in [-0.4, -0.2) is 23.7 Å². The maximum absolute atomic E-state index is 11.8. The molecule has 2 rings (SSSR count). The van der Waals surface area contributed by atoms with Crippen LogP contribution >= 0.6 is 0 Å². The van der Waals surface area contributed by atoms with Crippen molar-refractivity contribution in [2.24, 2.45) is 5.41 Å². The van der Waals surface area contributed by atoms with Crippen molar-refractivity contribution in [2.45, 2.75) is 19.8 Å². The number of carboxylic acid groups (broad SMARTS) is 1. The van der Waals surface area contributed by atoms with E-state index in [2.05, 4.69) is 10.6 Å². The predicted molar refractivity (Wildman–Crippen MR) is 72.2 cm³/mol. The van der Waals surface area contributed by atoms with Crippen LogP contribution in [0.4, 0.5) is 10.5 Å². The number of aliphatic carboxylic acids is 1.